The van der Waals surface area contributed by atoms with Gasteiger partial charge in [0.05, 0.1) is 18.8 Å². The Balaban J connectivity index is 2.24. The standard InChI is InChI=1S/C18H31NO2/c1-5-6-16-7-9-17(10-8-16)19-12-18(20)13-21-15(4)11-14(2)3/h7-10,14-15,18-20H,5-6,11-13H2,1-4H3. The van der Waals surface area contributed by atoms with Gasteiger partial charge >= 0.3 is 0 Å². The van der Waals surface area contributed by atoms with Gasteiger partial charge in [0.25, 0.3) is 0 Å². The quantitative estimate of drug-likeness (QED) is 0.688. The van der Waals surface area contributed by atoms with Crippen LogP contribution in [-0.2, 0) is 11.2 Å². The minimum atomic E-state index is -0.477. The molecule has 1 aromatic rings. The van der Waals surface area contributed by atoms with E-state index in [1.54, 1.807) is 0 Å². The zero-order chi connectivity index (χ0) is 15.7. The zero-order valence-electron chi connectivity index (χ0n) is 13.9. The van der Waals surface area contributed by atoms with Gasteiger partial charge in [0.1, 0.15) is 0 Å². The van der Waals surface area contributed by atoms with Crippen molar-refractivity contribution in [1.82, 2.24) is 0 Å². The number of hydrogen-bond acceptors (Lipinski definition) is 3. The van der Waals surface area contributed by atoms with Gasteiger partial charge in [-0.15, -0.1) is 0 Å². The van der Waals surface area contributed by atoms with E-state index in [2.05, 4.69) is 57.3 Å². The third-order valence-electron chi connectivity index (χ3n) is 3.41. The lowest BCUT2D eigenvalue weighted by atomic mass is 10.1. The largest absolute Gasteiger partial charge is 0.389 e. The maximum absolute atomic E-state index is 9.94. The summed E-state index contributed by atoms with van der Waals surface area (Å²) in [4.78, 5) is 0. The number of hydrogen-bond donors (Lipinski definition) is 2. The third-order valence-corrected chi connectivity index (χ3v) is 3.41. The molecule has 2 N–H and O–H groups in total. The molecule has 2 atom stereocenters. The molecule has 0 heterocycles. The molecule has 0 aliphatic heterocycles. The molecule has 0 aliphatic carbocycles. The minimum absolute atomic E-state index is 0.202. The van der Waals surface area contributed by atoms with Crippen LogP contribution in [0, 0.1) is 5.92 Å². The smallest absolute Gasteiger partial charge is 0.0945 e. The molecule has 21 heavy (non-hydrogen) atoms. The average Bonchev–Trinajstić information content (AvgIpc) is 2.44. The van der Waals surface area contributed by atoms with Gasteiger partial charge in [0.2, 0.25) is 0 Å². The molecule has 0 fully saturated rings. The summed E-state index contributed by atoms with van der Waals surface area (Å²) in [5, 5.41) is 13.2. The Morgan fingerprint density at radius 2 is 1.81 bits per heavy atom. The van der Waals surface area contributed by atoms with Crippen molar-refractivity contribution in [2.45, 2.75) is 59.2 Å². The van der Waals surface area contributed by atoms with Crippen molar-refractivity contribution >= 4 is 5.69 Å². The summed E-state index contributed by atoms with van der Waals surface area (Å²) >= 11 is 0. The highest BCUT2D eigenvalue weighted by Gasteiger charge is 2.09. The molecule has 1 rings (SSSR count). The maximum atomic E-state index is 9.94. The molecule has 1 aromatic carbocycles. The van der Waals surface area contributed by atoms with Crippen LogP contribution in [0.3, 0.4) is 0 Å². The molecule has 0 radical (unpaired) electrons. The highest BCUT2D eigenvalue weighted by Crippen LogP contribution is 2.11. The van der Waals surface area contributed by atoms with Gasteiger partial charge in [-0.3, -0.25) is 0 Å². The number of aliphatic hydroxyl groups is 1. The second-order valence-corrected chi connectivity index (χ2v) is 6.26. The van der Waals surface area contributed by atoms with Crippen molar-refractivity contribution in [1.29, 1.82) is 0 Å². The monoisotopic (exact) mass is 293 g/mol. The van der Waals surface area contributed by atoms with Gasteiger partial charge in [0, 0.05) is 12.2 Å². The first kappa shape index (κ1) is 18.0. The predicted molar refractivity (Wildman–Crippen MR) is 89.8 cm³/mol. The fourth-order valence-corrected chi connectivity index (χ4v) is 2.38. The number of aliphatic hydroxyl groups excluding tert-OH is 1. The number of benzene rings is 1. The molecule has 3 heteroatoms. The van der Waals surface area contributed by atoms with E-state index in [1.165, 1.54) is 5.56 Å². The van der Waals surface area contributed by atoms with Crippen molar-refractivity contribution in [2.24, 2.45) is 5.92 Å². The molecule has 0 saturated carbocycles. The van der Waals surface area contributed by atoms with Crippen molar-refractivity contribution in [2.75, 3.05) is 18.5 Å². The summed E-state index contributed by atoms with van der Waals surface area (Å²) in [5.74, 6) is 0.622. The summed E-state index contributed by atoms with van der Waals surface area (Å²) in [6.07, 6.45) is 3.03. The average molecular weight is 293 g/mol. The summed E-state index contributed by atoms with van der Waals surface area (Å²) in [5.41, 5.74) is 2.40. The maximum Gasteiger partial charge on any atom is 0.0945 e. The normalized spacial score (nSPS) is 14.2. The molecule has 3 nitrogen and oxygen atoms in total. The van der Waals surface area contributed by atoms with Gasteiger partial charge in [-0.05, 0) is 43.4 Å². The molecule has 120 valence electrons. The lowest BCUT2D eigenvalue weighted by Gasteiger charge is -2.18. The molecular formula is C18H31NO2. The first-order valence-corrected chi connectivity index (χ1v) is 8.13. The zero-order valence-corrected chi connectivity index (χ0v) is 13.9. The van der Waals surface area contributed by atoms with E-state index >= 15 is 0 Å². The Morgan fingerprint density at radius 3 is 2.38 bits per heavy atom. The van der Waals surface area contributed by atoms with E-state index < -0.39 is 6.10 Å². The van der Waals surface area contributed by atoms with Crippen LogP contribution in [0.25, 0.3) is 0 Å². The van der Waals surface area contributed by atoms with Gasteiger partial charge in [-0.2, -0.15) is 0 Å². The van der Waals surface area contributed by atoms with Crippen LogP contribution in [0.5, 0.6) is 0 Å². The molecule has 2 unspecified atom stereocenters. The Morgan fingerprint density at radius 1 is 1.14 bits per heavy atom. The van der Waals surface area contributed by atoms with Gasteiger partial charge in [-0.1, -0.05) is 39.3 Å². The van der Waals surface area contributed by atoms with E-state index in [0.29, 0.717) is 19.1 Å². The molecule has 0 aromatic heterocycles. The van der Waals surface area contributed by atoms with Gasteiger partial charge in [-0.25, -0.2) is 0 Å². The second kappa shape index (κ2) is 9.80. The molecular weight excluding hydrogens is 262 g/mol. The van der Waals surface area contributed by atoms with E-state index in [4.69, 9.17) is 4.74 Å². The van der Waals surface area contributed by atoms with Crippen LogP contribution >= 0.6 is 0 Å². The SMILES string of the molecule is CCCc1ccc(NCC(O)COC(C)CC(C)C)cc1. The van der Waals surface area contributed by atoms with E-state index in [9.17, 15) is 5.11 Å². The van der Waals surface area contributed by atoms with Crippen LogP contribution < -0.4 is 5.32 Å². The summed E-state index contributed by atoms with van der Waals surface area (Å²) < 4.78 is 5.66. The van der Waals surface area contributed by atoms with E-state index in [-0.39, 0.29) is 6.10 Å². The molecule has 0 saturated heterocycles. The van der Waals surface area contributed by atoms with Crippen LogP contribution in [0.4, 0.5) is 5.69 Å². The molecule has 0 aliphatic rings. The fraction of sp³-hybridized carbons (Fsp3) is 0.667. The minimum Gasteiger partial charge on any atom is -0.389 e. The predicted octanol–water partition coefficient (Wildman–Crippen LogP) is 3.86. The third kappa shape index (κ3) is 8.08. The lowest BCUT2D eigenvalue weighted by molar-refractivity contribution is -0.00443. The molecule has 0 spiro atoms. The number of anilines is 1. The van der Waals surface area contributed by atoms with Crippen LogP contribution in [0.2, 0.25) is 0 Å². The van der Waals surface area contributed by atoms with Gasteiger partial charge in [0.15, 0.2) is 0 Å². The number of rotatable bonds is 10. The first-order chi connectivity index (χ1) is 10.0. The van der Waals surface area contributed by atoms with Crippen molar-refractivity contribution in [3.8, 4) is 0 Å². The topological polar surface area (TPSA) is 41.5 Å². The Bertz CT molecular complexity index is 375. The molecule has 0 bridgehead atoms. The van der Waals surface area contributed by atoms with Crippen molar-refractivity contribution < 1.29 is 9.84 Å². The van der Waals surface area contributed by atoms with E-state index in [1.807, 2.05) is 0 Å². The highest BCUT2D eigenvalue weighted by atomic mass is 16.5. The van der Waals surface area contributed by atoms with E-state index in [0.717, 1.165) is 24.9 Å². The van der Waals surface area contributed by atoms with Crippen LogP contribution in [0.1, 0.15) is 46.1 Å². The Labute approximate surface area is 129 Å². The number of ether oxygens (including phenoxy) is 1. The second-order valence-electron chi connectivity index (χ2n) is 6.26. The lowest BCUT2D eigenvalue weighted by Crippen LogP contribution is -2.27. The van der Waals surface area contributed by atoms with Crippen LogP contribution in [-0.4, -0.2) is 30.5 Å². The van der Waals surface area contributed by atoms with Gasteiger partial charge < -0.3 is 15.2 Å². The van der Waals surface area contributed by atoms with Crippen molar-refractivity contribution in [3.63, 3.8) is 0 Å². The van der Waals surface area contributed by atoms with Crippen molar-refractivity contribution in [3.05, 3.63) is 29.8 Å². The fourth-order valence-electron chi connectivity index (χ4n) is 2.38. The number of aryl methyl sites for hydroxylation is 1. The molecule has 0 amide bonds. The summed E-state index contributed by atoms with van der Waals surface area (Å²) in [7, 11) is 0. The summed E-state index contributed by atoms with van der Waals surface area (Å²) in [6, 6.07) is 8.42. The summed E-state index contributed by atoms with van der Waals surface area (Å²) in [6.45, 7) is 9.51. The highest BCUT2D eigenvalue weighted by molar-refractivity contribution is 5.44. The Kier molecular flexibility index (Phi) is 8.40. The number of nitrogens with one attached hydrogen (secondary N) is 1. The van der Waals surface area contributed by atoms with Crippen LogP contribution in [0.15, 0.2) is 24.3 Å². The Hall–Kier alpha value is -1.06. The first-order valence-electron chi connectivity index (χ1n) is 8.13.